The molecule has 1 aromatic carbocycles. The van der Waals surface area contributed by atoms with Crippen molar-refractivity contribution in [1.82, 2.24) is 4.90 Å². The number of aliphatic hydroxyl groups excluding tert-OH is 1. The second-order valence-corrected chi connectivity index (χ2v) is 7.68. The average Bonchev–Trinajstić information content (AvgIpc) is 2.60. The summed E-state index contributed by atoms with van der Waals surface area (Å²) in [4.78, 5) is 14.1. The summed E-state index contributed by atoms with van der Waals surface area (Å²) in [7, 11) is 0. The lowest BCUT2D eigenvalue weighted by Crippen LogP contribution is -2.64. The van der Waals surface area contributed by atoms with Crippen LogP contribution in [0.25, 0.3) is 0 Å². The zero-order valence-corrected chi connectivity index (χ0v) is 15.1. The molecule has 0 aliphatic carbocycles. The van der Waals surface area contributed by atoms with Gasteiger partial charge in [0.05, 0.1) is 24.2 Å². The molecular formula is C19H24F3NO4. The molecule has 0 bridgehead atoms. The number of nitrogens with zero attached hydrogens (tertiary/aromatic N) is 1. The molecule has 0 radical (unpaired) electrons. The van der Waals surface area contributed by atoms with Crippen LogP contribution in [0.3, 0.4) is 0 Å². The van der Waals surface area contributed by atoms with Gasteiger partial charge in [0.2, 0.25) is 5.91 Å². The summed E-state index contributed by atoms with van der Waals surface area (Å²) in [5.41, 5.74) is -2.57. The minimum absolute atomic E-state index is 0.113. The van der Waals surface area contributed by atoms with Gasteiger partial charge < -0.3 is 19.8 Å². The molecule has 1 aromatic rings. The smallest absolute Gasteiger partial charge is 0.387 e. The van der Waals surface area contributed by atoms with Crippen LogP contribution in [0.5, 0.6) is 0 Å². The Morgan fingerprint density at radius 1 is 1.30 bits per heavy atom. The summed E-state index contributed by atoms with van der Waals surface area (Å²) in [5, 5.41) is 20.8. The van der Waals surface area contributed by atoms with Gasteiger partial charge in [0.25, 0.3) is 0 Å². The van der Waals surface area contributed by atoms with E-state index in [0.717, 1.165) is 12.1 Å². The van der Waals surface area contributed by atoms with E-state index in [9.17, 15) is 28.2 Å². The number of piperidine rings is 1. The van der Waals surface area contributed by atoms with Crippen molar-refractivity contribution in [3.8, 4) is 0 Å². The maximum Gasteiger partial charge on any atom is 0.416 e. The van der Waals surface area contributed by atoms with Crippen LogP contribution in [-0.4, -0.2) is 58.0 Å². The molecule has 27 heavy (non-hydrogen) atoms. The molecule has 2 saturated heterocycles. The van der Waals surface area contributed by atoms with Gasteiger partial charge in [-0.25, -0.2) is 0 Å². The number of amides is 1. The van der Waals surface area contributed by atoms with Gasteiger partial charge in [-0.1, -0.05) is 18.2 Å². The maximum atomic E-state index is 12.8. The highest BCUT2D eigenvalue weighted by atomic mass is 19.4. The first-order chi connectivity index (χ1) is 12.5. The lowest BCUT2D eigenvalue weighted by atomic mass is 9.75. The molecule has 3 rings (SSSR count). The first kappa shape index (κ1) is 20.1. The minimum atomic E-state index is -4.44. The highest BCUT2D eigenvalue weighted by Gasteiger charge is 2.52. The molecule has 5 nitrogen and oxygen atoms in total. The number of ether oxygens (including phenoxy) is 1. The number of alkyl halides is 3. The van der Waals surface area contributed by atoms with Gasteiger partial charge in [-0.15, -0.1) is 0 Å². The Hall–Kier alpha value is -1.64. The van der Waals surface area contributed by atoms with Crippen LogP contribution < -0.4 is 0 Å². The highest BCUT2D eigenvalue weighted by molar-refractivity contribution is 5.79. The number of carbonyl (C=O) groups excluding carboxylic acids is 1. The molecule has 2 atom stereocenters. The van der Waals surface area contributed by atoms with Crippen LogP contribution in [0.1, 0.15) is 37.3 Å². The highest BCUT2D eigenvalue weighted by Crippen LogP contribution is 2.40. The van der Waals surface area contributed by atoms with Crippen LogP contribution in [0.4, 0.5) is 13.2 Å². The molecule has 0 saturated carbocycles. The van der Waals surface area contributed by atoms with Gasteiger partial charge in [0.1, 0.15) is 11.7 Å². The Morgan fingerprint density at radius 3 is 2.59 bits per heavy atom. The van der Waals surface area contributed by atoms with Gasteiger partial charge >= 0.3 is 6.18 Å². The monoisotopic (exact) mass is 387 g/mol. The first-order valence-electron chi connectivity index (χ1n) is 9.02. The Morgan fingerprint density at radius 2 is 1.96 bits per heavy atom. The van der Waals surface area contributed by atoms with Gasteiger partial charge in [-0.05, 0) is 31.4 Å². The molecule has 2 N–H and O–H groups in total. The van der Waals surface area contributed by atoms with E-state index in [1.54, 1.807) is 11.8 Å². The maximum absolute atomic E-state index is 12.8. The molecule has 8 heteroatoms. The van der Waals surface area contributed by atoms with Crippen molar-refractivity contribution in [2.75, 3.05) is 19.7 Å². The third-order valence-electron chi connectivity index (χ3n) is 5.66. The van der Waals surface area contributed by atoms with E-state index in [2.05, 4.69) is 0 Å². The molecule has 2 fully saturated rings. The summed E-state index contributed by atoms with van der Waals surface area (Å²) >= 11 is 0. The Kier molecular flexibility index (Phi) is 5.26. The molecule has 2 aliphatic heterocycles. The number of halogens is 3. The van der Waals surface area contributed by atoms with Crippen LogP contribution in [0.15, 0.2) is 24.3 Å². The third-order valence-corrected chi connectivity index (χ3v) is 5.66. The second kappa shape index (κ2) is 7.07. The van der Waals surface area contributed by atoms with E-state index in [1.165, 1.54) is 12.1 Å². The van der Waals surface area contributed by atoms with Crippen molar-refractivity contribution in [3.05, 3.63) is 35.4 Å². The summed E-state index contributed by atoms with van der Waals surface area (Å²) in [6, 6.07) is 4.77. The molecule has 150 valence electrons. The topological polar surface area (TPSA) is 70.0 Å². The number of aliphatic hydroxyl groups is 2. The normalized spacial score (nSPS) is 28.4. The van der Waals surface area contributed by atoms with Crippen molar-refractivity contribution in [2.45, 2.75) is 56.1 Å². The summed E-state index contributed by atoms with van der Waals surface area (Å²) < 4.78 is 44.2. The Bertz CT molecular complexity index is 696. The van der Waals surface area contributed by atoms with Crippen molar-refractivity contribution in [3.63, 3.8) is 0 Å². The van der Waals surface area contributed by atoms with Crippen LogP contribution in [0.2, 0.25) is 0 Å². The molecule has 2 heterocycles. The standard InChI is InChI=1S/C19H24F3NO4/c1-17(26)7-10-27-18(16(17)25)5-8-23(9-6-18)15(24)12-13-3-2-4-14(11-13)19(20,21)22/h2-4,11,16,25-26H,5-10,12H2,1H3/t16-,17+/m0/s1. The lowest BCUT2D eigenvalue weighted by Gasteiger charge is -2.51. The van der Waals surface area contributed by atoms with E-state index in [-0.39, 0.29) is 12.3 Å². The number of hydrogen-bond acceptors (Lipinski definition) is 4. The number of benzene rings is 1. The fraction of sp³-hybridized carbons (Fsp3) is 0.632. The van der Waals surface area contributed by atoms with E-state index < -0.39 is 29.0 Å². The fourth-order valence-corrected chi connectivity index (χ4v) is 3.94. The second-order valence-electron chi connectivity index (χ2n) is 7.68. The average molecular weight is 387 g/mol. The van der Waals surface area contributed by atoms with Gasteiger partial charge in [-0.3, -0.25) is 4.79 Å². The van der Waals surface area contributed by atoms with Crippen molar-refractivity contribution < 1.29 is 32.9 Å². The predicted octanol–water partition coefficient (Wildman–Crippen LogP) is 2.14. The lowest BCUT2D eigenvalue weighted by molar-refractivity contribution is -0.245. The SMILES string of the molecule is C[C@@]1(O)CCOC2(CCN(C(=O)Cc3cccc(C(F)(F)F)c3)CC2)[C@H]1O. The van der Waals surface area contributed by atoms with E-state index in [1.807, 2.05) is 0 Å². The number of rotatable bonds is 2. The summed E-state index contributed by atoms with van der Waals surface area (Å²) in [6.07, 6.45) is -4.51. The van der Waals surface area contributed by atoms with E-state index in [0.29, 0.717) is 44.5 Å². The zero-order chi connectivity index (χ0) is 19.9. The van der Waals surface area contributed by atoms with Crippen molar-refractivity contribution >= 4 is 5.91 Å². The third kappa shape index (κ3) is 4.12. The Labute approximate surface area is 155 Å². The molecule has 0 unspecified atom stereocenters. The predicted molar refractivity (Wildman–Crippen MR) is 90.9 cm³/mol. The molecule has 0 aromatic heterocycles. The number of carbonyl (C=O) groups is 1. The Balaban J connectivity index is 1.62. The van der Waals surface area contributed by atoms with E-state index >= 15 is 0 Å². The summed E-state index contributed by atoms with van der Waals surface area (Å²) in [6.45, 7) is 2.56. The van der Waals surface area contributed by atoms with Gasteiger partial charge in [0, 0.05) is 19.5 Å². The molecule has 1 spiro atoms. The van der Waals surface area contributed by atoms with Crippen molar-refractivity contribution in [1.29, 1.82) is 0 Å². The largest absolute Gasteiger partial charge is 0.416 e. The van der Waals surface area contributed by atoms with Crippen LogP contribution >= 0.6 is 0 Å². The minimum Gasteiger partial charge on any atom is -0.387 e. The van der Waals surface area contributed by atoms with Crippen molar-refractivity contribution in [2.24, 2.45) is 0 Å². The zero-order valence-electron chi connectivity index (χ0n) is 15.1. The first-order valence-corrected chi connectivity index (χ1v) is 9.02. The van der Waals surface area contributed by atoms with Crippen LogP contribution in [-0.2, 0) is 22.1 Å². The number of likely N-dealkylation sites (tertiary alicyclic amines) is 1. The van der Waals surface area contributed by atoms with Crippen LogP contribution in [0, 0.1) is 0 Å². The molecular weight excluding hydrogens is 363 g/mol. The van der Waals surface area contributed by atoms with Gasteiger partial charge in [-0.2, -0.15) is 13.2 Å². The molecule has 2 aliphatic rings. The quantitative estimate of drug-likeness (QED) is 0.816. The number of hydrogen-bond donors (Lipinski definition) is 2. The fourth-order valence-electron chi connectivity index (χ4n) is 3.94. The van der Waals surface area contributed by atoms with Gasteiger partial charge in [0.15, 0.2) is 0 Å². The summed E-state index contributed by atoms with van der Waals surface area (Å²) in [5.74, 6) is -0.263. The van der Waals surface area contributed by atoms with E-state index in [4.69, 9.17) is 4.74 Å². The molecule has 1 amide bonds.